The van der Waals surface area contributed by atoms with Crippen molar-refractivity contribution in [1.29, 1.82) is 0 Å². The van der Waals surface area contributed by atoms with Crippen molar-refractivity contribution in [2.45, 2.75) is 44.7 Å². The molecule has 0 spiro atoms. The summed E-state index contributed by atoms with van der Waals surface area (Å²) in [5.41, 5.74) is 4.03. The van der Waals surface area contributed by atoms with Crippen LogP contribution in [0.2, 0.25) is 5.02 Å². The Hall–Kier alpha value is -3.23. The number of amides is 1. The Morgan fingerprint density at radius 1 is 1.03 bits per heavy atom. The molecule has 2 aliphatic heterocycles. The highest BCUT2D eigenvalue weighted by Crippen LogP contribution is 2.23. The predicted molar refractivity (Wildman–Crippen MR) is 131 cm³/mol. The van der Waals surface area contributed by atoms with E-state index in [0.29, 0.717) is 36.3 Å². The Labute approximate surface area is 203 Å². The van der Waals surface area contributed by atoms with Crippen LogP contribution in [0.15, 0.2) is 48.0 Å². The van der Waals surface area contributed by atoms with Crippen LogP contribution >= 0.6 is 11.6 Å². The van der Waals surface area contributed by atoms with Crippen molar-refractivity contribution in [1.82, 2.24) is 30.2 Å². The van der Waals surface area contributed by atoms with Crippen molar-refractivity contribution in [2.75, 3.05) is 13.1 Å². The van der Waals surface area contributed by atoms with Crippen LogP contribution in [-0.4, -0.2) is 56.1 Å². The zero-order valence-electron chi connectivity index (χ0n) is 18.8. The molecule has 1 fully saturated rings. The van der Waals surface area contributed by atoms with Crippen LogP contribution in [-0.2, 0) is 24.2 Å². The molecule has 1 saturated heterocycles. The molecule has 0 radical (unpaired) electrons. The fourth-order valence-electron chi connectivity index (χ4n) is 4.56. The lowest BCUT2D eigenvalue weighted by atomic mass is 10.1. The van der Waals surface area contributed by atoms with E-state index < -0.39 is 0 Å². The van der Waals surface area contributed by atoms with Crippen LogP contribution in [0.4, 0.5) is 5.95 Å². The first-order valence-electron chi connectivity index (χ1n) is 11.6. The van der Waals surface area contributed by atoms with Gasteiger partial charge in [-0.2, -0.15) is 9.97 Å². The minimum absolute atomic E-state index is 0.103. The van der Waals surface area contributed by atoms with Crippen LogP contribution < -0.4 is 5.32 Å². The number of aromatic nitrogens is 4. The molecule has 174 valence electrons. The molecular formula is C25H26ClN7O. The Morgan fingerprint density at radius 2 is 1.94 bits per heavy atom. The van der Waals surface area contributed by atoms with Gasteiger partial charge in [-0.3, -0.25) is 14.7 Å². The molecule has 0 saturated carbocycles. The van der Waals surface area contributed by atoms with Gasteiger partial charge in [-0.25, -0.2) is 9.98 Å². The first-order chi connectivity index (χ1) is 16.6. The third-order valence-electron chi connectivity index (χ3n) is 6.16. The summed E-state index contributed by atoms with van der Waals surface area (Å²) in [5.74, 6) is 0.992. The Kier molecular flexibility index (Phi) is 6.87. The lowest BCUT2D eigenvalue weighted by Crippen LogP contribution is -2.43. The summed E-state index contributed by atoms with van der Waals surface area (Å²) in [6.07, 6.45) is 10.9. The van der Waals surface area contributed by atoms with Gasteiger partial charge in [0.25, 0.3) is 5.95 Å². The van der Waals surface area contributed by atoms with Crippen molar-refractivity contribution in [3.63, 3.8) is 0 Å². The molecular weight excluding hydrogens is 450 g/mol. The van der Waals surface area contributed by atoms with Crippen molar-refractivity contribution in [3.8, 4) is 11.4 Å². The van der Waals surface area contributed by atoms with Crippen LogP contribution in [0, 0.1) is 0 Å². The second-order valence-corrected chi connectivity index (χ2v) is 9.13. The summed E-state index contributed by atoms with van der Waals surface area (Å²) >= 11 is 6.41. The van der Waals surface area contributed by atoms with Gasteiger partial charge in [0, 0.05) is 48.7 Å². The standard InChI is InChI=1S/C25H26ClN7O/c26-21-11-17-5-7-29-25-31-16-30-23(32-25)20-10-18(13-27-14-20)3-1-6-28-24(34)22-4-2-8-33(22)15-19(9-17)12-21/h7,9-14,16,22H,1-6,8,15H2,(H,28,34). The first kappa shape index (κ1) is 22.6. The number of carbonyl (C=O) groups excluding carboxylic acids is 1. The Morgan fingerprint density at radius 3 is 2.88 bits per heavy atom. The van der Waals surface area contributed by atoms with Crippen molar-refractivity contribution in [2.24, 2.45) is 4.99 Å². The molecule has 0 aliphatic carbocycles. The van der Waals surface area contributed by atoms with Crippen molar-refractivity contribution in [3.05, 3.63) is 64.7 Å². The van der Waals surface area contributed by atoms with Crippen LogP contribution in [0.3, 0.4) is 0 Å². The second kappa shape index (κ2) is 10.4. The average molecular weight is 476 g/mol. The first-order valence-corrected chi connectivity index (χ1v) is 12.0. The molecule has 4 heterocycles. The van der Waals surface area contributed by atoms with Gasteiger partial charge in [-0.1, -0.05) is 17.7 Å². The largest absolute Gasteiger partial charge is 0.355 e. The molecule has 34 heavy (non-hydrogen) atoms. The summed E-state index contributed by atoms with van der Waals surface area (Å²) in [6.45, 7) is 2.22. The normalized spacial score (nSPS) is 19.3. The Bertz CT molecular complexity index is 1220. The van der Waals surface area contributed by atoms with E-state index in [0.717, 1.165) is 54.5 Å². The van der Waals surface area contributed by atoms with E-state index in [9.17, 15) is 4.79 Å². The molecule has 1 amide bonds. The molecule has 9 heteroatoms. The number of aryl methyl sites for hydroxylation is 1. The SMILES string of the molecule is O=C1NCCCc2cncc(c2)-c2ncnc(n2)N=CCc2cc(Cl)cc(c2)CN2CCCC12. The van der Waals surface area contributed by atoms with E-state index in [1.54, 1.807) is 12.4 Å². The van der Waals surface area contributed by atoms with E-state index in [1.807, 2.05) is 24.4 Å². The summed E-state index contributed by atoms with van der Waals surface area (Å²) in [5, 5.41) is 3.81. The molecule has 5 rings (SSSR count). The molecule has 1 unspecified atom stereocenters. The molecule has 2 aliphatic rings. The quantitative estimate of drug-likeness (QED) is 0.534. The van der Waals surface area contributed by atoms with E-state index in [-0.39, 0.29) is 11.9 Å². The zero-order valence-corrected chi connectivity index (χ0v) is 19.6. The van der Waals surface area contributed by atoms with Crippen molar-refractivity contribution < 1.29 is 4.79 Å². The number of hydrogen-bond donors (Lipinski definition) is 1. The van der Waals surface area contributed by atoms with Crippen LogP contribution in [0.1, 0.15) is 36.0 Å². The van der Waals surface area contributed by atoms with Gasteiger partial charge < -0.3 is 5.32 Å². The summed E-state index contributed by atoms with van der Waals surface area (Å²) in [7, 11) is 0. The zero-order chi connectivity index (χ0) is 23.3. The van der Waals surface area contributed by atoms with E-state index in [2.05, 4.69) is 41.2 Å². The maximum Gasteiger partial charge on any atom is 0.252 e. The lowest BCUT2D eigenvalue weighted by molar-refractivity contribution is -0.125. The molecule has 8 nitrogen and oxygen atoms in total. The van der Waals surface area contributed by atoms with Gasteiger partial charge in [0.1, 0.15) is 6.33 Å². The van der Waals surface area contributed by atoms with Crippen molar-refractivity contribution >= 4 is 29.7 Å². The average Bonchev–Trinajstić information content (AvgIpc) is 3.29. The number of hydrogen-bond acceptors (Lipinski definition) is 7. The number of fused-ring (bicyclic) bond motifs is 8. The molecule has 3 aromatic rings. The number of nitrogens with one attached hydrogen (secondary N) is 1. The van der Waals surface area contributed by atoms with Gasteiger partial charge in [-0.15, -0.1) is 0 Å². The van der Waals surface area contributed by atoms with E-state index >= 15 is 0 Å². The molecule has 1 N–H and O–H groups in total. The predicted octanol–water partition coefficient (Wildman–Crippen LogP) is 3.56. The number of aliphatic imine (C=N–C) groups is 1. The number of nitrogens with zero attached hydrogens (tertiary/aromatic N) is 6. The topological polar surface area (TPSA) is 96.3 Å². The summed E-state index contributed by atoms with van der Waals surface area (Å²) in [4.78, 5) is 36.9. The summed E-state index contributed by atoms with van der Waals surface area (Å²) < 4.78 is 0. The van der Waals surface area contributed by atoms with Crippen LogP contribution in [0.25, 0.3) is 11.4 Å². The minimum atomic E-state index is -0.104. The fraction of sp³-hybridized carbons (Fsp3) is 0.360. The third-order valence-corrected chi connectivity index (χ3v) is 6.37. The van der Waals surface area contributed by atoms with Gasteiger partial charge in [0.15, 0.2) is 5.82 Å². The van der Waals surface area contributed by atoms with Gasteiger partial charge >= 0.3 is 0 Å². The Balaban J connectivity index is 1.45. The number of halogens is 1. The summed E-state index contributed by atoms with van der Waals surface area (Å²) in [6, 6.07) is 7.96. The van der Waals surface area contributed by atoms with Gasteiger partial charge in [0.2, 0.25) is 5.91 Å². The maximum absolute atomic E-state index is 12.9. The molecule has 2 aromatic heterocycles. The molecule has 1 atom stereocenters. The highest BCUT2D eigenvalue weighted by atomic mass is 35.5. The second-order valence-electron chi connectivity index (χ2n) is 8.70. The number of rotatable bonds is 0. The highest BCUT2D eigenvalue weighted by Gasteiger charge is 2.30. The van der Waals surface area contributed by atoms with Crippen LogP contribution in [0.5, 0.6) is 0 Å². The van der Waals surface area contributed by atoms with Gasteiger partial charge in [-0.05, 0) is 67.1 Å². The van der Waals surface area contributed by atoms with Gasteiger partial charge in [0.05, 0.1) is 6.04 Å². The fourth-order valence-corrected chi connectivity index (χ4v) is 4.84. The number of pyridine rings is 1. The third kappa shape index (κ3) is 5.46. The van der Waals surface area contributed by atoms with E-state index in [1.165, 1.54) is 6.33 Å². The molecule has 6 bridgehead atoms. The maximum atomic E-state index is 12.9. The monoisotopic (exact) mass is 475 g/mol. The smallest absolute Gasteiger partial charge is 0.252 e. The highest BCUT2D eigenvalue weighted by molar-refractivity contribution is 6.30. The van der Waals surface area contributed by atoms with E-state index in [4.69, 9.17) is 11.6 Å². The number of carbonyl (C=O) groups is 1. The molecule has 1 aromatic carbocycles. The number of benzene rings is 1. The minimum Gasteiger partial charge on any atom is -0.355 e. The lowest BCUT2D eigenvalue weighted by Gasteiger charge is -2.24.